The number of carbonyl (C=O) groups is 1. The van der Waals surface area contributed by atoms with Crippen LogP contribution in [0.2, 0.25) is 0 Å². The third kappa shape index (κ3) is 2.21. The van der Waals surface area contributed by atoms with Crippen molar-refractivity contribution in [1.82, 2.24) is 4.98 Å². The summed E-state index contributed by atoms with van der Waals surface area (Å²) >= 11 is 0. The van der Waals surface area contributed by atoms with Crippen molar-refractivity contribution < 1.29 is 9.90 Å². The van der Waals surface area contributed by atoms with Gasteiger partial charge in [0, 0.05) is 17.5 Å². The van der Waals surface area contributed by atoms with Crippen LogP contribution >= 0.6 is 0 Å². The Bertz CT molecular complexity index is 633. The number of fused-ring (bicyclic) bond motifs is 1. The van der Waals surface area contributed by atoms with Gasteiger partial charge in [-0.2, -0.15) is 0 Å². The molecular formula is C16H17NO2. The lowest BCUT2D eigenvalue weighted by molar-refractivity contribution is -0.149. The lowest BCUT2D eigenvalue weighted by atomic mass is 9.80. The largest absolute Gasteiger partial charge is 0.481 e. The second-order valence-corrected chi connectivity index (χ2v) is 5.67. The number of para-hydroxylation sites is 1. The van der Waals surface area contributed by atoms with E-state index >= 15 is 0 Å². The van der Waals surface area contributed by atoms with Gasteiger partial charge in [-0.1, -0.05) is 24.3 Å². The zero-order chi connectivity index (χ0) is 13.5. The van der Waals surface area contributed by atoms with E-state index in [4.69, 9.17) is 0 Å². The molecule has 1 fully saturated rings. The van der Waals surface area contributed by atoms with Crippen molar-refractivity contribution in [3.8, 4) is 0 Å². The smallest absolute Gasteiger partial charge is 0.310 e. The number of hydrogen-bond donors (Lipinski definition) is 1. The molecule has 0 radical (unpaired) electrons. The first-order valence-corrected chi connectivity index (χ1v) is 6.68. The Balaban J connectivity index is 1.93. The Morgan fingerprint density at radius 3 is 2.74 bits per heavy atom. The highest BCUT2D eigenvalue weighted by Crippen LogP contribution is 2.47. The second kappa shape index (κ2) is 4.34. The molecule has 2 aromatic rings. The molecule has 1 N–H and O–H groups in total. The standard InChI is InChI=1S/C16H17NO2/c1-16(15(18)19,12-7-8-12)10-13-9-6-11-4-2-3-5-14(11)17-13/h2-6,9,12H,7-8,10H2,1H3,(H,18,19). The van der Waals surface area contributed by atoms with Crippen LogP contribution in [0.25, 0.3) is 10.9 Å². The van der Waals surface area contributed by atoms with Crippen molar-refractivity contribution in [2.45, 2.75) is 26.2 Å². The molecule has 1 aromatic heterocycles. The molecule has 0 aliphatic heterocycles. The van der Waals surface area contributed by atoms with Gasteiger partial charge < -0.3 is 5.11 Å². The van der Waals surface area contributed by atoms with Gasteiger partial charge in [0.1, 0.15) is 0 Å². The van der Waals surface area contributed by atoms with Crippen LogP contribution in [0, 0.1) is 11.3 Å². The summed E-state index contributed by atoms with van der Waals surface area (Å²) in [6.45, 7) is 1.85. The van der Waals surface area contributed by atoms with E-state index in [1.165, 1.54) is 0 Å². The topological polar surface area (TPSA) is 50.2 Å². The Morgan fingerprint density at radius 1 is 1.32 bits per heavy atom. The zero-order valence-electron chi connectivity index (χ0n) is 11.0. The average Bonchev–Trinajstić information content (AvgIpc) is 3.23. The molecule has 3 heteroatoms. The highest BCUT2D eigenvalue weighted by molar-refractivity contribution is 5.79. The maximum atomic E-state index is 11.5. The molecule has 1 aliphatic carbocycles. The SMILES string of the molecule is CC(Cc1ccc2ccccc2n1)(C(=O)O)C1CC1. The van der Waals surface area contributed by atoms with E-state index in [0.29, 0.717) is 12.3 Å². The van der Waals surface area contributed by atoms with Crippen LogP contribution in [-0.4, -0.2) is 16.1 Å². The van der Waals surface area contributed by atoms with E-state index in [9.17, 15) is 9.90 Å². The monoisotopic (exact) mass is 255 g/mol. The van der Waals surface area contributed by atoms with Crippen molar-refractivity contribution in [1.29, 1.82) is 0 Å². The van der Waals surface area contributed by atoms with E-state index < -0.39 is 11.4 Å². The molecule has 3 nitrogen and oxygen atoms in total. The molecule has 0 saturated heterocycles. The number of rotatable bonds is 4. The number of carboxylic acids is 1. The Morgan fingerprint density at radius 2 is 2.05 bits per heavy atom. The molecule has 1 unspecified atom stereocenters. The zero-order valence-corrected chi connectivity index (χ0v) is 11.0. The molecule has 1 aliphatic rings. The molecule has 0 amide bonds. The highest BCUT2D eigenvalue weighted by Gasteiger charge is 2.47. The van der Waals surface area contributed by atoms with E-state index in [0.717, 1.165) is 29.4 Å². The molecule has 1 heterocycles. The molecule has 0 spiro atoms. The van der Waals surface area contributed by atoms with Crippen LogP contribution in [0.3, 0.4) is 0 Å². The molecule has 19 heavy (non-hydrogen) atoms. The summed E-state index contributed by atoms with van der Waals surface area (Å²) in [4.78, 5) is 16.1. The number of aromatic nitrogens is 1. The fourth-order valence-corrected chi connectivity index (χ4v) is 2.70. The van der Waals surface area contributed by atoms with Gasteiger partial charge in [0.2, 0.25) is 0 Å². The van der Waals surface area contributed by atoms with Gasteiger partial charge >= 0.3 is 5.97 Å². The van der Waals surface area contributed by atoms with E-state index in [1.54, 1.807) is 0 Å². The van der Waals surface area contributed by atoms with Crippen LogP contribution in [0.1, 0.15) is 25.5 Å². The maximum absolute atomic E-state index is 11.5. The fraction of sp³-hybridized carbons (Fsp3) is 0.375. The van der Waals surface area contributed by atoms with Gasteiger partial charge in [0.15, 0.2) is 0 Å². The molecular weight excluding hydrogens is 238 g/mol. The normalized spacial score (nSPS) is 18.2. The highest BCUT2D eigenvalue weighted by atomic mass is 16.4. The van der Waals surface area contributed by atoms with Crippen LogP contribution in [0.15, 0.2) is 36.4 Å². The van der Waals surface area contributed by atoms with Crippen LogP contribution < -0.4 is 0 Å². The van der Waals surface area contributed by atoms with E-state index in [2.05, 4.69) is 4.98 Å². The first-order valence-electron chi connectivity index (χ1n) is 6.68. The summed E-state index contributed by atoms with van der Waals surface area (Å²) in [6.07, 6.45) is 2.56. The number of benzene rings is 1. The lowest BCUT2D eigenvalue weighted by Gasteiger charge is -2.24. The van der Waals surface area contributed by atoms with Crippen molar-refractivity contribution in [3.63, 3.8) is 0 Å². The number of pyridine rings is 1. The third-order valence-electron chi connectivity index (χ3n) is 4.17. The van der Waals surface area contributed by atoms with Crippen LogP contribution in [-0.2, 0) is 11.2 Å². The Labute approximate surface area is 112 Å². The molecule has 3 rings (SSSR count). The number of aliphatic carboxylic acids is 1. The van der Waals surface area contributed by atoms with Gasteiger partial charge in [-0.05, 0) is 37.8 Å². The molecule has 1 aromatic carbocycles. The van der Waals surface area contributed by atoms with Crippen LogP contribution in [0.4, 0.5) is 0 Å². The summed E-state index contributed by atoms with van der Waals surface area (Å²) in [7, 11) is 0. The van der Waals surface area contributed by atoms with Crippen molar-refractivity contribution >= 4 is 16.9 Å². The minimum Gasteiger partial charge on any atom is -0.481 e. The van der Waals surface area contributed by atoms with Crippen molar-refractivity contribution in [2.24, 2.45) is 11.3 Å². The van der Waals surface area contributed by atoms with Gasteiger partial charge in [-0.25, -0.2) is 0 Å². The number of carboxylic acid groups (broad SMARTS) is 1. The Hall–Kier alpha value is -1.90. The molecule has 98 valence electrons. The fourth-order valence-electron chi connectivity index (χ4n) is 2.70. The summed E-state index contributed by atoms with van der Waals surface area (Å²) < 4.78 is 0. The quantitative estimate of drug-likeness (QED) is 0.912. The van der Waals surface area contributed by atoms with Crippen molar-refractivity contribution in [3.05, 3.63) is 42.1 Å². The molecule has 1 atom stereocenters. The Kier molecular flexibility index (Phi) is 2.77. The predicted octanol–water partition coefficient (Wildman–Crippen LogP) is 3.28. The minimum atomic E-state index is -0.704. The first kappa shape index (κ1) is 12.2. The predicted molar refractivity (Wildman–Crippen MR) is 73.9 cm³/mol. The average molecular weight is 255 g/mol. The second-order valence-electron chi connectivity index (χ2n) is 5.67. The van der Waals surface area contributed by atoms with Crippen LogP contribution in [0.5, 0.6) is 0 Å². The summed E-state index contributed by atoms with van der Waals surface area (Å²) in [5.41, 5.74) is 1.13. The summed E-state index contributed by atoms with van der Waals surface area (Å²) in [6, 6.07) is 11.9. The maximum Gasteiger partial charge on any atom is 0.310 e. The third-order valence-corrected chi connectivity index (χ3v) is 4.17. The summed E-state index contributed by atoms with van der Waals surface area (Å²) in [5.74, 6) is -0.400. The lowest BCUT2D eigenvalue weighted by Crippen LogP contribution is -2.32. The van der Waals surface area contributed by atoms with E-state index in [-0.39, 0.29) is 0 Å². The first-order chi connectivity index (χ1) is 9.09. The molecule has 1 saturated carbocycles. The van der Waals surface area contributed by atoms with Gasteiger partial charge in [0.05, 0.1) is 10.9 Å². The van der Waals surface area contributed by atoms with Gasteiger partial charge in [-0.15, -0.1) is 0 Å². The molecule has 0 bridgehead atoms. The van der Waals surface area contributed by atoms with Crippen molar-refractivity contribution in [2.75, 3.05) is 0 Å². The van der Waals surface area contributed by atoms with E-state index in [1.807, 2.05) is 43.3 Å². The van der Waals surface area contributed by atoms with Gasteiger partial charge in [0.25, 0.3) is 0 Å². The van der Waals surface area contributed by atoms with Gasteiger partial charge in [-0.3, -0.25) is 9.78 Å². The number of hydrogen-bond acceptors (Lipinski definition) is 2. The summed E-state index contributed by atoms with van der Waals surface area (Å²) in [5, 5.41) is 10.6. The minimum absolute atomic E-state index is 0.304. The number of nitrogens with zero attached hydrogens (tertiary/aromatic N) is 1.